The molecule has 3 aromatic heterocycles. The summed E-state index contributed by atoms with van der Waals surface area (Å²) in [6.45, 7) is 2.51. The highest BCUT2D eigenvalue weighted by molar-refractivity contribution is 9.10. The first-order chi connectivity index (χ1) is 12.7. The lowest BCUT2D eigenvalue weighted by Crippen LogP contribution is -2.23. The molecular formula is C18H19BrN6O. The molecule has 0 bridgehead atoms. The van der Waals surface area contributed by atoms with E-state index in [0.717, 1.165) is 40.7 Å². The summed E-state index contributed by atoms with van der Waals surface area (Å²) in [5.74, 6) is 0.281. The molecule has 0 aromatic carbocycles. The van der Waals surface area contributed by atoms with Crippen LogP contribution >= 0.6 is 15.9 Å². The number of nitrogens with one attached hydrogen (secondary N) is 2. The van der Waals surface area contributed by atoms with Crippen molar-refractivity contribution in [2.45, 2.75) is 6.42 Å². The van der Waals surface area contributed by atoms with Gasteiger partial charge in [-0.1, -0.05) is 0 Å². The number of pyridine rings is 2. The van der Waals surface area contributed by atoms with Gasteiger partial charge in [-0.2, -0.15) is 0 Å². The first-order valence-electron chi connectivity index (χ1n) is 8.49. The minimum atomic E-state index is -0.203. The van der Waals surface area contributed by atoms with E-state index < -0.39 is 0 Å². The van der Waals surface area contributed by atoms with Crippen molar-refractivity contribution in [2.75, 3.05) is 29.9 Å². The van der Waals surface area contributed by atoms with Crippen LogP contribution in [0.5, 0.6) is 0 Å². The van der Waals surface area contributed by atoms with Gasteiger partial charge in [0.2, 0.25) is 0 Å². The number of amides is 1. The smallest absolute Gasteiger partial charge is 0.257 e. The van der Waals surface area contributed by atoms with E-state index >= 15 is 0 Å². The molecule has 4 rings (SSSR count). The van der Waals surface area contributed by atoms with E-state index in [9.17, 15) is 4.79 Å². The number of carbonyl (C=O) groups is 1. The molecule has 7 nitrogen and oxygen atoms in total. The molecule has 4 heterocycles. The van der Waals surface area contributed by atoms with Crippen LogP contribution in [0.25, 0.3) is 11.0 Å². The molecule has 1 amide bonds. The summed E-state index contributed by atoms with van der Waals surface area (Å²) in [7, 11) is 0. The summed E-state index contributed by atoms with van der Waals surface area (Å²) in [5, 5.41) is 3.87. The Morgan fingerprint density at radius 1 is 1.46 bits per heavy atom. The molecule has 1 fully saturated rings. The number of nitrogens with zero attached hydrogens (tertiary/aromatic N) is 3. The normalized spacial score (nSPS) is 17.0. The molecule has 0 saturated carbocycles. The second-order valence-corrected chi connectivity index (χ2v) is 7.27. The zero-order valence-electron chi connectivity index (χ0n) is 14.1. The van der Waals surface area contributed by atoms with Gasteiger partial charge in [0.25, 0.3) is 5.91 Å². The van der Waals surface area contributed by atoms with Crippen LogP contribution in [0.15, 0.2) is 41.4 Å². The Morgan fingerprint density at radius 3 is 3.08 bits per heavy atom. The third-order valence-corrected chi connectivity index (χ3v) is 5.32. The van der Waals surface area contributed by atoms with E-state index in [1.807, 2.05) is 0 Å². The monoisotopic (exact) mass is 414 g/mol. The SMILES string of the molecule is NCC1CCN(c2c(Br)cnc3[nH]cc(NC(=O)c4cccnc4)c23)C1. The molecule has 1 aliphatic heterocycles. The standard InChI is InChI=1S/C18H19BrN6O/c19-13-8-22-17-15(16(13)25-5-3-11(6-20)10-25)14(9-23-17)24-18(26)12-2-1-4-21-7-12/h1-2,4,7-9,11H,3,5-6,10,20H2,(H,22,23)(H,24,26). The summed E-state index contributed by atoms with van der Waals surface area (Å²) >= 11 is 3.63. The van der Waals surface area contributed by atoms with Gasteiger partial charge in [-0.15, -0.1) is 0 Å². The van der Waals surface area contributed by atoms with Gasteiger partial charge in [-0.3, -0.25) is 9.78 Å². The van der Waals surface area contributed by atoms with Crippen LogP contribution in [0, 0.1) is 5.92 Å². The number of anilines is 2. The number of rotatable bonds is 4. The summed E-state index contributed by atoms with van der Waals surface area (Å²) in [5.41, 5.74) is 8.83. The maximum Gasteiger partial charge on any atom is 0.257 e. The lowest BCUT2D eigenvalue weighted by atomic mass is 10.1. The second kappa shape index (κ2) is 7.05. The van der Waals surface area contributed by atoms with Crippen LogP contribution in [0.4, 0.5) is 11.4 Å². The average Bonchev–Trinajstić information content (AvgIpc) is 3.30. The Bertz CT molecular complexity index is 942. The van der Waals surface area contributed by atoms with Crippen LogP contribution in [0.3, 0.4) is 0 Å². The summed E-state index contributed by atoms with van der Waals surface area (Å²) < 4.78 is 0.902. The number of aromatic nitrogens is 3. The average molecular weight is 415 g/mol. The number of aromatic amines is 1. The molecule has 0 spiro atoms. The quantitative estimate of drug-likeness (QED) is 0.609. The molecule has 134 valence electrons. The summed E-state index contributed by atoms with van der Waals surface area (Å²) in [4.78, 5) is 26.4. The molecule has 4 N–H and O–H groups in total. The Labute approximate surface area is 159 Å². The fourth-order valence-corrected chi connectivity index (χ4v) is 3.93. The van der Waals surface area contributed by atoms with Crippen LogP contribution in [0.1, 0.15) is 16.8 Å². The molecule has 1 unspecified atom stereocenters. The van der Waals surface area contributed by atoms with Crippen molar-refractivity contribution in [3.05, 3.63) is 47.0 Å². The first-order valence-corrected chi connectivity index (χ1v) is 9.28. The molecule has 8 heteroatoms. The predicted molar refractivity (Wildman–Crippen MR) is 105 cm³/mol. The molecule has 0 radical (unpaired) electrons. The fraction of sp³-hybridized carbons (Fsp3) is 0.278. The molecule has 3 aromatic rings. The third-order valence-electron chi connectivity index (χ3n) is 4.74. The zero-order valence-corrected chi connectivity index (χ0v) is 15.7. The first kappa shape index (κ1) is 17.0. The van der Waals surface area contributed by atoms with E-state index in [1.54, 1.807) is 36.9 Å². The molecular weight excluding hydrogens is 396 g/mol. The minimum Gasteiger partial charge on any atom is -0.370 e. The number of nitrogens with two attached hydrogens (primary N) is 1. The molecule has 26 heavy (non-hydrogen) atoms. The summed E-state index contributed by atoms with van der Waals surface area (Å²) in [6.07, 6.45) is 7.82. The largest absolute Gasteiger partial charge is 0.370 e. The number of fused-ring (bicyclic) bond motifs is 1. The van der Waals surface area contributed by atoms with Crippen molar-refractivity contribution in [3.8, 4) is 0 Å². The Balaban J connectivity index is 1.72. The number of hydrogen-bond acceptors (Lipinski definition) is 5. The van der Waals surface area contributed by atoms with Crippen molar-refractivity contribution in [2.24, 2.45) is 11.7 Å². The van der Waals surface area contributed by atoms with Crippen LogP contribution in [0.2, 0.25) is 0 Å². The summed E-state index contributed by atoms with van der Waals surface area (Å²) in [6, 6.07) is 3.48. The highest BCUT2D eigenvalue weighted by atomic mass is 79.9. The van der Waals surface area contributed by atoms with E-state index in [-0.39, 0.29) is 5.91 Å². The predicted octanol–water partition coefficient (Wildman–Crippen LogP) is 2.76. The topological polar surface area (TPSA) is 99.9 Å². The van der Waals surface area contributed by atoms with Crippen molar-refractivity contribution in [3.63, 3.8) is 0 Å². The highest BCUT2D eigenvalue weighted by Gasteiger charge is 2.26. The van der Waals surface area contributed by atoms with Gasteiger partial charge in [0, 0.05) is 37.9 Å². The molecule has 1 saturated heterocycles. The minimum absolute atomic E-state index is 0.203. The Hall–Kier alpha value is -2.45. The zero-order chi connectivity index (χ0) is 18.1. The van der Waals surface area contributed by atoms with Crippen molar-refractivity contribution >= 4 is 44.2 Å². The van der Waals surface area contributed by atoms with E-state index in [2.05, 4.69) is 41.1 Å². The molecule has 1 atom stereocenters. The Morgan fingerprint density at radius 2 is 2.35 bits per heavy atom. The molecule has 0 aliphatic carbocycles. The maximum atomic E-state index is 12.5. The van der Waals surface area contributed by atoms with E-state index in [0.29, 0.717) is 23.7 Å². The van der Waals surface area contributed by atoms with Gasteiger partial charge in [-0.25, -0.2) is 4.98 Å². The maximum absolute atomic E-state index is 12.5. The molecule has 1 aliphatic rings. The van der Waals surface area contributed by atoms with Gasteiger partial charge in [0.1, 0.15) is 5.65 Å². The highest BCUT2D eigenvalue weighted by Crippen LogP contribution is 2.39. The van der Waals surface area contributed by atoms with Crippen molar-refractivity contribution in [1.29, 1.82) is 0 Å². The number of H-pyrrole nitrogens is 1. The van der Waals surface area contributed by atoms with Crippen LogP contribution < -0.4 is 16.0 Å². The lowest BCUT2D eigenvalue weighted by molar-refractivity contribution is 0.102. The third kappa shape index (κ3) is 3.06. The van der Waals surface area contributed by atoms with Crippen LogP contribution in [-0.2, 0) is 0 Å². The fourth-order valence-electron chi connectivity index (χ4n) is 3.38. The van der Waals surface area contributed by atoms with Gasteiger partial charge in [0.05, 0.1) is 26.8 Å². The Kier molecular flexibility index (Phi) is 4.60. The van der Waals surface area contributed by atoms with Crippen molar-refractivity contribution < 1.29 is 4.79 Å². The number of halogens is 1. The second-order valence-electron chi connectivity index (χ2n) is 6.41. The van der Waals surface area contributed by atoms with Gasteiger partial charge in [-0.05, 0) is 46.9 Å². The number of hydrogen-bond donors (Lipinski definition) is 3. The number of carbonyl (C=O) groups excluding carboxylic acids is 1. The van der Waals surface area contributed by atoms with E-state index in [1.165, 1.54) is 0 Å². The van der Waals surface area contributed by atoms with Gasteiger partial charge >= 0.3 is 0 Å². The lowest BCUT2D eigenvalue weighted by Gasteiger charge is -2.21. The van der Waals surface area contributed by atoms with Gasteiger partial charge < -0.3 is 20.9 Å². The van der Waals surface area contributed by atoms with Crippen molar-refractivity contribution in [1.82, 2.24) is 15.0 Å². The van der Waals surface area contributed by atoms with Crippen LogP contribution in [-0.4, -0.2) is 40.5 Å². The van der Waals surface area contributed by atoms with E-state index in [4.69, 9.17) is 5.73 Å². The van der Waals surface area contributed by atoms with Gasteiger partial charge in [0.15, 0.2) is 0 Å².